The van der Waals surface area contributed by atoms with Crippen LogP contribution in [0.1, 0.15) is 23.0 Å². The number of benzene rings is 2. The topological polar surface area (TPSA) is 51.2 Å². The molecule has 0 spiro atoms. The summed E-state index contributed by atoms with van der Waals surface area (Å²) in [5.41, 5.74) is 1.79. The molecule has 1 atom stereocenters. The van der Waals surface area contributed by atoms with Gasteiger partial charge in [-0.3, -0.25) is 4.79 Å². The second-order valence-electron chi connectivity index (χ2n) is 6.01. The number of fused-ring (bicyclic) bond motifs is 2. The molecule has 7 heteroatoms. The summed E-state index contributed by atoms with van der Waals surface area (Å²) >= 11 is 3.25. The molecule has 3 aromatic rings. The molecule has 2 heterocycles. The maximum absolute atomic E-state index is 13.5. The van der Waals surface area contributed by atoms with Crippen LogP contribution in [0.3, 0.4) is 0 Å². The zero-order chi connectivity index (χ0) is 17.9. The predicted molar refractivity (Wildman–Crippen MR) is 102 cm³/mol. The largest absolute Gasteiger partial charge is 0.364 e. The van der Waals surface area contributed by atoms with Gasteiger partial charge in [-0.2, -0.15) is 0 Å². The molecular weight excluding hydrogens is 371 g/mol. The maximum Gasteiger partial charge on any atom is 0.246 e. The lowest BCUT2D eigenvalue weighted by Crippen LogP contribution is -2.33. The maximum atomic E-state index is 13.5. The molecule has 4 rings (SSSR count). The highest BCUT2D eigenvalue weighted by atomic mass is 32.2. The van der Waals surface area contributed by atoms with Gasteiger partial charge in [-0.05, 0) is 42.3 Å². The zero-order valence-electron chi connectivity index (χ0n) is 13.9. The van der Waals surface area contributed by atoms with Crippen molar-refractivity contribution in [2.24, 2.45) is 0 Å². The number of amides is 1. The minimum absolute atomic E-state index is 0.0375. The van der Waals surface area contributed by atoms with E-state index in [-0.39, 0.29) is 24.4 Å². The van der Waals surface area contributed by atoms with Gasteiger partial charge in [0.15, 0.2) is 0 Å². The molecule has 0 saturated carbocycles. The fourth-order valence-electron chi connectivity index (χ4n) is 2.96. The lowest BCUT2D eigenvalue weighted by Gasteiger charge is -2.26. The van der Waals surface area contributed by atoms with Crippen LogP contribution >= 0.6 is 23.1 Å². The molecule has 1 aliphatic rings. The molecular formula is C19H17FN2O2S2. The van der Waals surface area contributed by atoms with Crippen molar-refractivity contribution in [3.63, 3.8) is 0 Å². The number of nitrogens with zero attached hydrogens (tertiary/aromatic N) is 1. The average Bonchev–Trinajstić information content (AvgIpc) is 3.05. The molecule has 2 aromatic carbocycles. The first kappa shape index (κ1) is 17.5. The van der Waals surface area contributed by atoms with Gasteiger partial charge >= 0.3 is 0 Å². The Morgan fingerprint density at radius 2 is 2.19 bits per heavy atom. The molecule has 1 amide bonds. The summed E-state index contributed by atoms with van der Waals surface area (Å²) in [4.78, 5) is 17.7. The normalized spacial score (nSPS) is 16.4. The molecule has 134 valence electrons. The number of hydrogen-bond acceptors (Lipinski definition) is 5. The minimum atomic E-state index is -0.280. The van der Waals surface area contributed by atoms with Gasteiger partial charge in [-0.1, -0.05) is 12.1 Å². The number of thiazole rings is 1. The van der Waals surface area contributed by atoms with Crippen LogP contribution in [0, 0.1) is 5.82 Å². The van der Waals surface area contributed by atoms with E-state index in [2.05, 4.69) is 10.3 Å². The third kappa shape index (κ3) is 3.90. The number of carbonyl (C=O) groups is 1. The molecule has 0 bridgehead atoms. The van der Waals surface area contributed by atoms with Gasteiger partial charge in [0.2, 0.25) is 5.91 Å². The fraction of sp³-hybridized carbons (Fsp3) is 0.263. The van der Waals surface area contributed by atoms with Gasteiger partial charge in [-0.15, -0.1) is 23.1 Å². The van der Waals surface area contributed by atoms with E-state index in [1.165, 1.54) is 12.1 Å². The third-order valence-electron chi connectivity index (χ3n) is 4.14. The molecule has 26 heavy (non-hydrogen) atoms. The van der Waals surface area contributed by atoms with Crippen molar-refractivity contribution in [2.75, 3.05) is 12.4 Å². The van der Waals surface area contributed by atoms with E-state index in [1.807, 2.05) is 24.3 Å². The standard InChI is InChI=1S/C19H17FN2O2S2/c20-12-5-6-16-13(9-12)14(7-8-25-16)21-18(23)10-24-11-19-22-15-3-1-2-4-17(15)26-19/h1-6,9,14H,7-8,10-11H2,(H,21,23)/t14-/m0/s1. The second kappa shape index (κ2) is 7.73. The average molecular weight is 388 g/mol. The molecule has 1 N–H and O–H groups in total. The highest BCUT2D eigenvalue weighted by Crippen LogP contribution is 2.36. The first-order valence-electron chi connectivity index (χ1n) is 8.33. The van der Waals surface area contributed by atoms with Crippen molar-refractivity contribution >= 4 is 39.2 Å². The summed E-state index contributed by atoms with van der Waals surface area (Å²) in [7, 11) is 0. The van der Waals surface area contributed by atoms with Gasteiger partial charge < -0.3 is 10.1 Å². The second-order valence-corrected chi connectivity index (χ2v) is 8.26. The van der Waals surface area contributed by atoms with Crippen molar-refractivity contribution in [3.05, 3.63) is 58.9 Å². The highest BCUT2D eigenvalue weighted by Gasteiger charge is 2.22. The van der Waals surface area contributed by atoms with Crippen molar-refractivity contribution in [1.29, 1.82) is 0 Å². The Kier molecular flexibility index (Phi) is 5.19. The Labute approximate surface area is 158 Å². The predicted octanol–water partition coefficient (Wildman–Crippen LogP) is 4.31. The molecule has 1 aliphatic heterocycles. The van der Waals surface area contributed by atoms with Crippen LogP contribution in [-0.4, -0.2) is 23.3 Å². The van der Waals surface area contributed by atoms with Crippen molar-refractivity contribution in [2.45, 2.75) is 24.0 Å². The summed E-state index contributed by atoms with van der Waals surface area (Å²) < 4.78 is 20.2. The Hall–Kier alpha value is -1.96. The number of rotatable bonds is 5. The highest BCUT2D eigenvalue weighted by molar-refractivity contribution is 7.99. The minimum Gasteiger partial charge on any atom is -0.364 e. The number of para-hydroxylation sites is 1. The SMILES string of the molecule is O=C(COCc1nc2ccccc2s1)N[C@H]1CCSc2ccc(F)cc21. The molecule has 0 radical (unpaired) electrons. The summed E-state index contributed by atoms with van der Waals surface area (Å²) in [5, 5.41) is 3.80. The van der Waals surface area contributed by atoms with Crippen LogP contribution < -0.4 is 5.32 Å². The number of ether oxygens (including phenoxy) is 1. The molecule has 0 saturated heterocycles. The van der Waals surface area contributed by atoms with Gasteiger partial charge in [0.1, 0.15) is 17.4 Å². The Balaban J connectivity index is 1.33. The number of halogens is 1. The lowest BCUT2D eigenvalue weighted by atomic mass is 10.0. The molecule has 0 aliphatic carbocycles. The molecule has 0 fully saturated rings. The van der Waals surface area contributed by atoms with Crippen molar-refractivity contribution in [1.82, 2.24) is 10.3 Å². The van der Waals surface area contributed by atoms with Crippen LogP contribution in [0.25, 0.3) is 10.2 Å². The van der Waals surface area contributed by atoms with Crippen LogP contribution in [0.5, 0.6) is 0 Å². The molecule has 4 nitrogen and oxygen atoms in total. The first-order valence-corrected chi connectivity index (χ1v) is 10.1. The molecule has 1 aromatic heterocycles. The number of hydrogen-bond donors (Lipinski definition) is 1. The number of thioether (sulfide) groups is 1. The number of aromatic nitrogens is 1. The first-order chi connectivity index (χ1) is 12.7. The van der Waals surface area contributed by atoms with E-state index in [0.29, 0.717) is 6.61 Å². The van der Waals surface area contributed by atoms with E-state index in [0.717, 1.165) is 37.9 Å². The van der Waals surface area contributed by atoms with Crippen LogP contribution in [0.2, 0.25) is 0 Å². The van der Waals surface area contributed by atoms with Crippen molar-refractivity contribution in [3.8, 4) is 0 Å². The summed E-state index contributed by atoms with van der Waals surface area (Å²) in [6.45, 7) is 0.267. The Morgan fingerprint density at radius 3 is 3.08 bits per heavy atom. The quantitative estimate of drug-likeness (QED) is 0.708. The van der Waals surface area contributed by atoms with E-state index in [4.69, 9.17) is 4.74 Å². The Morgan fingerprint density at radius 1 is 1.31 bits per heavy atom. The van der Waals surface area contributed by atoms with Gasteiger partial charge in [-0.25, -0.2) is 9.37 Å². The van der Waals surface area contributed by atoms with E-state index in [1.54, 1.807) is 29.2 Å². The lowest BCUT2D eigenvalue weighted by molar-refractivity contribution is -0.126. The van der Waals surface area contributed by atoms with Crippen LogP contribution in [-0.2, 0) is 16.1 Å². The van der Waals surface area contributed by atoms with E-state index in [9.17, 15) is 9.18 Å². The monoisotopic (exact) mass is 388 g/mol. The number of nitrogens with one attached hydrogen (secondary N) is 1. The number of carbonyl (C=O) groups excluding carboxylic acids is 1. The van der Waals surface area contributed by atoms with Gasteiger partial charge in [0.05, 0.1) is 22.9 Å². The van der Waals surface area contributed by atoms with Gasteiger partial charge in [0.25, 0.3) is 0 Å². The summed E-state index contributed by atoms with van der Waals surface area (Å²) in [5.74, 6) is 0.423. The fourth-order valence-corrected chi connectivity index (χ4v) is 4.97. The van der Waals surface area contributed by atoms with Crippen molar-refractivity contribution < 1.29 is 13.9 Å². The van der Waals surface area contributed by atoms with Crippen LogP contribution in [0.15, 0.2) is 47.4 Å². The third-order valence-corrected chi connectivity index (χ3v) is 6.28. The summed E-state index contributed by atoms with van der Waals surface area (Å²) in [6.07, 6.45) is 0.782. The van der Waals surface area contributed by atoms with Gasteiger partial charge in [0, 0.05) is 10.6 Å². The zero-order valence-corrected chi connectivity index (χ0v) is 15.5. The smallest absolute Gasteiger partial charge is 0.246 e. The van der Waals surface area contributed by atoms with Crippen LogP contribution in [0.4, 0.5) is 4.39 Å². The molecule has 0 unspecified atom stereocenters. The Bertz CT molecular complexity index is 911. The van der Waals surface area contributed by atoms with E-state index < -0.39 is 0 Å². The summed E-state index contributed by atoms with van der Waals surface area (Å²) in [6, 6.07) is 12.5. The van der Waals surface area contributed by atoms with E-state index >= 15 is 0 Å².